The van der Waals surface area contributed by atoms with Crippen molar-refractivity contribution in [2.75, 3.05) is 40.0 Å². The number of hydrogen-bond acceptors (Lipinski definition) is 6. The Bertz CT molecular complexity index is 590. The smallest absolute Gasteiger partial charge is 0.271 e. The number of amides is 2. The third-order valence-electron chi connectivity index (χ3n) is 3.75. The Balaban J connectivity index is 1.72. The van der Waals surface area contributed by atoms with Gasteiger partial charge in [-0.05, 0) is 18.9 Å². The van der Waals surface area contributed by atoms with Gasteiger partial charge in [0.15, 0.2) is 0 Å². The van der Waals surface area contributed by atoms with Crippen molar-refractivity contribution in [2.24, 2.45) is 0 Å². The molecule has 0 spiro atoms. The van der Waals surface area contributed by atoms with Crippen molar-refractivity contribution >= 4 is 11.8 Å². The highest BCUT2D eigenvalue weighted by molar-refractivity contribution is 5.92. The molecular formula is C15H22N4O5. The van der Waals surface area contributed by atoms with Gasteiger partial charge in [0, 0.05) is 32.3 Å². The van der Waals surface area contributed by atoms with Gasteiger partial charge in [-0.3, -0.25) is 14.4 Å². The van der Waals surface area contributed by atoms with E-state index in [1.54, 1.807) is 12.0 Å². The Morgan fingerprint density at radius 3 is 2.71 bits per heavy atom. The summed E-state index contributed by atoms with van der Waals surface area (Å²) in [6.45, 7) is 2.02. The predicted octanol–water partition coefficient (Wildman–Crippen LogP) is -0.846. The third-order valence-corrected chi connectivity index (χ3v) is 3.75. The monoisotopic (exact) mass is 338 g/mol. The summed E-state index contributed by atoms with van der Waals surface area (Å²) in [4.78, 5) is 36.7. The van der Waals surface area contributed by atoms with Crippen LogP contribution in [0.3, 0.4) is 0 Å². The van der Waals surface area contributed by atoms with E-state index in [0.29, 0.717) is 39.1 Å². The van der Waals surface area contributed by atoms with Crippen LogP contribution in [0.4, 0.5) is 0 Å². The normalized spacial score (nSPS) is 15.3. The molecule has 1 aliphatic rings. The van der Waals surface area contributed by atoms with Gasteiger partial charge in [-0.15, -0.1) is 0 Å². The third kappa shape index (κ3) is 5.43. The molecule has 0 atom stereocenters. The number of aromatic amines is 1. The lowest BCUT2D eigenvalue weighted by molar-refractivity contribution is -0.137. The highest BCUT2D eigenvalue weighted by Gasteiger charge is 2.24. The lowest BCUT2D eigenvalue weighted by Crippen LogP contribution is -2.47. The average Bonchev–Trinajstić information content (AvgIpc) is 2.59. The van der Waals surface area contributed by atoms with Crippen LogP contribution >= 0.6 is 0 Å². The number of H-pyrrole nitrogens is 1. The second kappa shape index (κ2) is 9.14. The molecule has 2 rings (SSSR count). The molecule has 0 saturated carbocycles. The van der Waals surface area contributed by atoms with Crippen molar-refractivity contribution in [1.29, 1.82) is 0 Å². The van der Waals surface area contributed by atoms with Crippen LogP contribution in [-0.4, -0.2) is 73.0 Å². The fraction of sp³-hybridized carbons (Fsp3) is 0.600. The number of piperidine rings is 1. The standard InChI is InChI=1S/C15H22N4O5/c1-23-8-9-24-10-14(21)19-6-4-11(5-7-19)16-15(22)12-2-3-13(20)18-17-12/h2-3,11H,4-10H2,1H3,(H,16,22)(H,18,20). The van der Waals surface area contributed by atoms with Crippen LogP contribution in [0.2, 0.25) is 0 Å². The number of aromatic nitrogens is 2. The number of carbonyl (C=O) groups excluding carboxylic acids is 2. The van der Waals surface area contributed by atoms with Gasteiger partial charge < -0.3 is 19.7 Å². The first-order chi connectivity index (χ1) is 11.6. The van der Waals surface area contributed by atoms with Crippen molar-refractivity contribution in [3.05, 3.63) is 28.2 Å². The quantitative estimate of drug-likeness (QED) is 0.626. The summed E-state index contributed by atoms with van der Waals surface area (Å²) in [5.41, 5.74) is -0.189. The van der Waals surface area contributed by atoms with Crippen molar-refractivity contribution in [3.63, 3.8) is 0 Å². The minimum absolute atomic E-state index is 0.0234. The van der Waals surface area contributed by atoms with Gasteiger partial charge in [-0.25, -0.2) is 5.10 Å². The number of hydrogen-bond donors (Lipinski definition) is 2. The van der Waals surface area contributed by atoms with E-state index in [1.165, 1.54) is 12.1 Å². The Morgan fingerprint density at radius 1 is 1.33 bits per heavy atom. The largest absolute Gasteiger partial charge is 0.382 e. The van der Waals surface area contributed by atoms with Crippen molar-refractivity contribution in [1.82, 2.24) is 20.4 Å². The van der Waals surface area contributed by atoms with E-state index in [2.05, 4.69) is 15.5 Å². The van der Waals surface area contributed by atoms with Crippen LogP contribution in [0.15, 0.2) is 16.9 Å². The Hall–Kier alpha value is -2.26. The fourth-order valence-corrected chi connectivity index (χ4v) is 2.40. The average molecular weight is 338 g/mol. The van der Waals surface area contributed by atoms with Gasteiger partial charge in [-0.1, -0.05) is 0 Å². The first-order valence-corrected chi connectivity index (χ1v) is 7.81. The molecule has 9 nitrogen and oxygen atoms in total. The molecule has 0 aromatic carbocycles. The summed E-state index contributed by atoms with van der Waals surface area (Å²) in [6.07, 6.45) is 1.33. The lowest BCUT2D eigenvalue weighted by atomic mass is 10.0. The molecule has 132 valence electrons. The summed E-state index contributed by atoms with van der Waals surface area (Å²) in [7, 11) is 1.58. The summed E-state index contributed by atoms with van der Waals surface area (Å²) in [5, 5.41) is 8.79. The zero-order chi connectivity index (χ0) is 17.4. The first-order valence-electron chi connectivity index (χ1n) is 7.81. The van der Waals surface area contributed by atoms with Crippen LogP contribution in [0, 0.1) is 0 Å². The van der Waals surface area contributed by atoms with Crippen LogP contribution in [0.25, 0.3) is 0 Å². The molecule has 1 fully saturated rings. The molecule has 1 aromatic rings. The molecule has 0 aliphatic carbocycles. The topological polar surface area (TPSA) is 114 Å². The maximum atomic E-state index is 12.0. The van der Waals surface area contributed by atoms with E-state index in [0.717, 1.165) is 0 Å². The Morgan fingerprint density at radius 2 is 2.08 bits per heavy atom. The molecule has 2 N–H and O–H groups in total. The lowest BCUT2D eigenvalue weighted by Gasteiger charge is -2.32. The predicted molar refractivity (Wildman–Crippen MR) is 84.6 cm³/mol. The second-order valence-electron chi connectivity index (χ2n) is 5.48. The Labute approximate surface area is 139 Å². The van der Waals surface area contributed by atoms with E-state index in [-0.39, 0.29) is 35.7 Å². The van der Waals surface area contributed by atoms with Crippen molar-refractivity contribution < 1.29 is 19.1 Å². The van der Waals surface area contributed by atoms with Crippen LogP contribution in [-0.2, 0) is 14.3 Å². The van der Waals surface area contributed by atoms with Crippen LogP contribution < -0.4 is 10.9 Å². The van der Waals surface area contributed by atoms with Crippen LogP contribution in [0.5, 0.6) is 0 Å². The fourth-order valence-electron chi connectivity index (χ4n) is 2.40. The molecule has 1 aromatic heterocycles. The zero-order valence-corrected chi connectivity index (χ0v) is 13.6. The second-order valence-corrected chi connectivity index (χ2v) is 5.48. The van der Waals surface area contributed by atoms with Crippen LogP contribution in [0.1, 0.15) is 23.3 Å². The minimum atomic E-state index is -0.355. The number of methoxy groups -OCH3 is 1. The molecule has 24 heavy (non-hydrogen) atoms. The molecule has 1 aliphatic heterocycles. The highest BCUT2D eigenvalue weighted by atomic mass is 16.5. The van der Waals surface area contributed by atoms with Gasteiger partial charge in [-0.2, -0.15) is 5.10 Å². The number of rotatable bonds is 7. The number of likely N-dealkylation sites (tertiary alicyclic amines) is 1. The van der Waals surface area contributed by atoms with E-state index >= 15 is 0 Å². The number of nitrogens with one attached hydrogen (secondary N) is 2. The summed E-state index contributed by atoms with van der Waals surface area (Å²) < 4.78 is 10.1. The minimum Gasteiger partial charge on any atom is -0.382 e. The number of ether oxygens (including phenoxy) is 2. The summed E-state index contributed by atoms with van der Waals surface area (Å²) >= 11 is 0. The van der Waals surface area contributed by atoms with Gasteiger partial charge in [0.25, 0.3) is 11.5 Å². The van der Waals surface area contributed by atoms with Crippen molar-refractivity contribution in [2.45, 2.75) is 18.9 Å². The van der Waals surface area contributed by atoms with Crippen molar-refractivity contribution in [3.8, 4) is 0 Å². The molecule has 9 heteroatoms. The van der Waals surface area contributed by atoms with Gasteiger partial charge >= 0.3 is 0 Å². The molecule has 2 heterocycles. The summed E-state index contributed by atoms with van der Waals surface area (Å²) in [5.74, 6) is -0.392. The maximum Gasteiger partial charge on any atom is 0.271 e. The molecule has 0 unspecified atom stereocenters. The summed E-state index contributed by atoms with van der Waals surface area (Å²) in [6, 6.07) is 2.61. The molecule has 2 amide bonds. The van der Waals surface area contributed by atoms with E-state index < -0.39 is 0 Å². The zero-order valence-electron chi connectivity index (χ0n) is 13.6. The molecule has 1 saturated heterocycles. The SMILES string of the molecule is COCCOCC(=O)N1CCC(NC(=O)c2ccc(=O)[nH]n2)CC1. The van der Waals surface area contributed by atoms with E-state index in [4.69, 9.17) is 9.47 Å². The molecule has 0 bridgehead atoms. The van der Waals surface area contributed by atoms with Gasteiger partial charge in [0.1, 0.15) is 12.3 Å². The number of carbonyl (C=O) groups is 2. The first kappa shape index (κ1) is 18.1. The Kier molecular flexibility index (Phi) is 6.89. The van der Waals surface area contributed by atoms with E-state index in [1.807, 2.05) is 0 Å². The molecular weight excluding hydrogens is 316 g/mol. The maximum absolute atomic E-state index is 12.0. The van der Waals surface area contributed by atoms with E-state index in [9.17, 15) is 14.4 Å². The highest BCUT2D eigenvalue weighted by Crippen LogP contribution is 2.11. The molecule has 0 radical (unpaired) electrons. The van der Waals surface area contributed by atoms with Gasteiger partial charge in [0.05, 0.1) is 13.2 Å². The number of nitrogens with zero attached hydrogens (tertiary/aromatic N) is 2. The van der Waals surface area contributed by atoms with Gasteiger partial charge in [0.2, 0.25) is 5.91 Å².